The Balaban J connectivity index is 2.07. The van der Waals surface area contributed by atoms with Crippen LogP contribution in [0.5, 0.6) is 5.75 Å². The number of nitrogens with one attached hydrogen (secondary N) is 1. The number of hydrogen-bond donors (Lipinski definition) is 2. The molecule has 6 nitrogen and oxygen atoms in total. The molecule has 2 aromatic carbocycles. The Labute approximate surface area is 169 Å². The number of aromatic hydroxyl groups is 1. The number of anilines is 1. The molecule has 26 heavy (non-hydrogen) atoms. The summed E-state index contributed by atoms with van der Waals surface area (Å²) in [6, 6.07) is 6.95. The van der Waals surface area contributed by atoms with Gasteiger partial charge in [-0.3, -0.25) is 14.9 Å². The van der Waals surface area contributed by atoms with Crippen molar-refractivity contribution in [3.05, 3.63) is 61.4 Å². The summed E-state index contributed by atoms with van der Waals surface area (Å²) >= 11 is 5.18. The van der Waals surface area contributed by atoms with Crippen molar-refractivity contribution in [1.29, 1.82) is 0 Å². The second kappa shape index (κ2) is 7.16. The molecule has 9 heteroatoms. The standard InChI is InChI=1S/C17H9BrFIN2O4/c18-9-5-8(14(23)13(20)7-9)6-12-15(24)21-17(26)22(16(12)25)11-3-1-10(19)2-4-11/h1-7,23H,(H,21,24,26)/b12-6-. The molecule has 1 saturated heterocycles. The first-order valence-corrected chi connectivity index (χ1v) is 9.00. The maximum absolute atomic E-state index is 13.1. The highest BCUT2D eigenvalue weighted by molar-refractivity contribution is 14.1. The van der Waals surface area contributed by atoms with Crippen molar-refractivity contribution in [1.82, 2.24) is 5.32 Å². The number of amides is 4. The lowest BCUT2D eigenvalue weighted by atomic mass is 10.1. The van der Waals surface area contributed by atoms with Crippen molar-refractivity contribution in [3.8, 4) is 5.75 Å². The Bertz CT molecular complexity index is 975. The number of barbiturate groups is 1. The Kier molecular flexibility index (Phi) is 5.10. The van der Waals surface area contributed by atoms with Crippen molar-refractivity contribution in [2.24, 2.45) is 0 Å². The molecule has 1 aliphatic heterocycles. The molecule has 1 fully saturated rings. The quantitative estimate of drug-likeness (QED) is 0.353. The van der Waals surface area contributed by atoms with Crippen LogP contribution in [0.4, 0.5) is 14.9 Å². The van der Waals surface area contributed by atoms with Crippen LogP contribution in [0.1, 0.15) is 5.56 Å². The van der Waals surface area contributed by atoms with Crippen LogP contribution in [-0.2, 0) is 9.59 Å². The number of carbonyl (C=O) groups excluding carboxylic acids is 3. The van der Waals surface area contributed by atoms with Crippen LogP contribution in [0.25, 0.3) is 6.08 Å². The predicted octanol–water partition coefficient (Wildman–Crippen LogP) is 3.56. The molecule has 0 bridgehead atoms. The largest absolute Gasteiger partial charge is 0.506 e. The number of imide groups is 2. The lowest BCUT2D eigenvalue weighted by molar-refractivity contribution is -0.122. The fraction of sp³-hybridized carbons (Fsp3) is 0. The van der Waals surface area contributed by atoms with E-state index < -0.39 is 23.7 Å². The van der Waals surface area contributed by atoms with E-state index in [0.717, 1.165) is 17.0 Å². The highest BCUT2D eigenvalue weighted by Crippen LogP contribution is 2.31. The fourth-order valence-corrected chi connectivity index (χ4v) is 3.88. The van der Waals surface area contributed by atoms with Crippen molar-refractivity contribution >= 4 is 68.1 Å². The number of phenols is 1. The molecule has 132 valence electrons. The van der Waals surface area contributed by atoms with E-state index in [-0.39, 0.29) is 22.6 Å². The van der Waals surface area contributed by atoms with E-state index >= 15 is 0 Å². The molecule has 4 amide bonds. The van der Waals surface area contributed by atoms with Crippen molar-refractivity contribution < 1.29 is 23.9 Å². The van der Waals surface area contributed by atoms with Crippen LogP contribution in [0, 0.1) is 9.39 Å². The summed E-state index contributed by atoms with van der Waals surface area (Å²) in [5, 5.41) is 12.2. The summed E-state index contributed by atoms with van der Waals surface area (Å²) < 4.78 is 14.2. The van der Waals surface area contributed by atoms with Gasteiger partial charge in [-0.2, -0.15) is 0 Å². The van der Waals surface area contributed by atoms with Gasteiger partial charge in [0, 0.05) is 10.0 Å². The third kappa shape index (κ3) is 3.49. The summed E-state index contributed by atoms with van der Waals surface area (Å²) in [7, 11) is 0. The third-order valence-electron chi connectivity index (χ3n) is 3.54. The van der Waals surface area contributed by atoms with Gasteiger partial charge in [-0.05, 0) is 65.1 Å². The summed E-state index contributed by atoms with van der Waals surface area (Å²) in [5.74, 6) is -2.39. The third-order valence-corrected chi connectivity index (χ3v) is 4.82. The van der Waals surface area contributed by atoms with Gasteiger partial charge in [-0.15, -0.1) is 0 Å². The summed E-state index contributed by atoms with van der Waals surface area (Å²) in [6.45, 7) is 0. The molecule has 0 atom stereocenters. The summed E-state index contributed by atoms with van der Waals surface area (Å²) in [4.78, 5) is 37.6. The van der Waals surface area contributed by atoms with Gasteiger partial charge >= 0.3 is 6.03 Å². The van der Waals surface area contributed by atoms with Crippen LogP contribution in [0.2, 0.25) is 0 Å². The molecule has 0 unspecified atom stereocenters. The normalized spacial score (nSPS) is 16.2. The average Bonchev–Trinajstić information content (AvgIpc) is 2.57. The number of halogens is 3. The van der Waals surface area contributed by atoms with Crippen LogP contribution in [0.15, 0.2) is 46.4 Å². The monoisotopic (exact) mass is 530 g/mol. The first-order valence-electron chi connectivity index (χ1n) is 7.13. The average molecular weight is 531 g/mol. The highest BCUT2D eigenvalue weighted by Gasteiger charge is 2.37. The zero-order valence-corrected chi connectivity index (χ0v) is 16.5. The maximum atomic E-state index is 13.1. The minimum Gasteiger partial charge on any atom is -0.506 e. The van der Waals surface area contributed by atoms with Gasteiger partial charge in [0.2, 0.25) is 0 Å². The topological polar surface area (TPSA) is 86.7 Å². The van der Waals surface area contributed by atoms with Crippen LogP contribution < -0.4 is 10.2 Å². The number of phenolic OH excluding ortho intramolecular Hbond substituents is 1. The second-order valence-electron chi connectivity index (χ2n) is 5.26. The van der Waals surface area contributed by atoms with Gasteiger partial charge < -0.3 is 5.11 Å². The molecule has 0 radical (unpaired) electrons. The molecular weight excluding hydrogens is 522 g/mol. The Morgan fingerprint density at radius 3 is 2.46 bits per heavy atom. The fourth-order valence-electron chi connectivity index (χ4n) is 2.33. The number of benzene rings is 2. The predicted molar refractivity (Wildman–Crippen MR) is 104 cm³/mol. The van der Waals surface area contributed by atoms with Crippen molar-refractivity contribution in [3.63, 3.8) is 0 Å². The zero-order valence-electron chi connectivity index (χ0n) is 12.8. The van der Waals surface area contributed by atoms with E-state index in [9.17, 15) is 23.9 Å². The van der Waals surface area contributed by atoms with Gasteiger partial charge in [0.1, 0.15) is 17.1 Å². The van der Waals surface area contributed by atoms with Gasteiger partial charge in [0.25, 0.3) is 11.8 Å². The molecule has 0 spiro atoms. The number of nitrogens with zero attached hydrogens (tertiary/aromatic N) is 1. The number of carbonyl (C=O) groups is 3. The minimum atomic E-state index is -0.934. The summed E-state index contributed by atoms with van der Waals surface area (Å²) in [5.41, 5.74) is 0.00847. The number of urea groups is 1. The molecule has 2 aromatic rings. The van der Waals surface area contributed by atoms with E-state index in [4.69, 9.17) is 0 Å². The lowest BCUT2D eigenvalue weighted by Gasteiger charge is -2.26. The molecule has 1 aliphatic rings. The zero-order chi connectivity index (χ0) is 19.0. The molecule has 0 aliphatic carbocycles. The van der Waals surface area contributed by atoms with Crippen LogP contribution >= 0.6 is 38.5 Å². The Hall–Kier alpha value is -2.27. The Morgan fingerprint density at radius 1 is 1.15 bits per heavy atom. The van der Waals surface area contributed by atoms with Crippen LogP contribution in [0.3, 0.4) is 0 Å². The van der Waals surface area contributed by atoms with E-state index in [1.54, 1.807) is 6.07 Å². The van der Waals surface area contributed by atoms with Gasteiger partial charge in [-0.1, -0.05) is 15.9 Å². The molecule has 2 N–H and O–H groups in total. The van der Waals surface area contributed by atoms with Gasteiger partial charge in [0.05, 0.1) is 9.26 Å². The highest BCUT2D eigenvalue weighted by atomic mass is 127. The molecule has 1 heterocycles. The second-order valence-corrected chi connectivity index (χ2v) is 7.34. The SMILES string of the molecule is O=C1NC(=O)N(c2ccc(F)cc2)C(=O)/C1=C\c1cc(Br)cc(I)c1O. The van der Waals surface area contributed by atoms with E-state index in [1.165, 1.54) is 24.3 Å². The molecule has 0 aromatic heterocycles. The molecule has 3 rings (SSSR count). The first kappa shape index (κ1) is 18.5. The Morgan fingerprint density at radius 2 is 1.81 bits per heavy atom. The van der Waals surface area contributed by atoms with Gasteiger partial charge in [-0.25, -0.2) is 14.1 Å². The smallest absolute Gasteiger partial charge is 0.335 e. The molecule has 0 saturated carbocycles. The van der Waals surface area contributed by atoms with Crippen LogP contribution in [-0.4, -0.2) is 23.0 Å². The van der Waals surface area contributed by atoms with Gasteiger partial charge in [0.15, 0.2) is 0 Å². The van der Waals surface area contributed by atoms with Crippen molar-refractivity contribution in [2.75, 3.05) is 4.90 Å². The lowest BCUT2D eigenvalue weighted by Crippen LogP contribution is -2.54. The first-order chi connectivity index (χ1) is 12.3. The number of hydrogen-bond acceptors (Lipinski definition) is 4. The maximum Gasteiger partial charge on any atom is 0.335 e. The van der Waals surface area contributed by atoms with E-state index in [2.05, 4.69) is 21.2 Å². The minimum absolute atomic E-state index is 0.105. The molecular formula is C17H9BrFIN2O4. The summed E-state index contributed by atoms with van der Waals surface area (Å²) in [6.07, 6.45) is 1.20. The van der Waals surface area contributed by atoms with E-state index in [0.29, 0.717) is 8.04 Å². The number of rotatable bonds is 2. The van der Waals surface area contributed by atoms with Crippen molar-refractivity contribution in [2.45, 2.75) is 0 Å². The van der Waals surface area contributed by atoms with E-state index in [1.807, 2.05) is 22.6 Å².